The van der Waals surface area contributed by atoms with Gasteiger partial charge >= 0.3 is 0 Å². The highest BCUT2D eigenvalue weighted by atomic mass is 16.7. The first-order chi connectivity index (χ1) is 8.53. The van der Waals surface area contributed by atoms with Crippen molar-refractivity contribution >= 4 is 0 Å². The normalized spacial score (nSPS) is 25.6. The third-order valence-electron chi connectivity index (χ3n) is 3.22. The second-order valence-corrected chi connectivity index (χ2v) is 5.03. The van der Waals surface area contributed by atoms with E-state index in [0.717, 1.165) is 5.56 Å². The van der Waals surface area contributed by atoms with E-state index in [-0.39, 0.29) is 12.0 Å². The van der Waals surface area contributed by atoms with E-state index in [9.17, 15) is 5.11 Å². The number of ether oxygens (including phenoxy) is 2. The lowest BCUT2D eigenvalue weighted by Gasteiger charge is -2.25. The Kier molecular flexibility index (Phi) is 3.85. The van der Waals surface area contributed by atoms with Crippen molar-refractivity contribution in [1.82, 2.24) is 0 Å². The van der Waals surface area contributed by atoms with Crippen molar-refractivity contribution in [3.8, 4) is 0 Å². The van der Waals surface area contributed by atoms with Crippen LogP contribution in [0.3, 0.4) is 0 Å². The van der Waals surface area contributed by atoms with Crippen LogP contribution >= 0.6 is 0 Å². The van der Waals surface area contributed by atoms with Gasteiger partial charge in [-0.15, -0.1) is 6.58 Å². The molecule has 1 aromatic rings. The quantitative estimate of drug-likeness (QED) is 0.832. The molecular formula is C15H20O3. The third-order valence-corrected chi connectivity index (χ3v) is 3.22. The predicted octanol–water partition coefficient (Wildman–Crippen LogP) is 2.47. The molecule has 0 unspecified atom stereocenters. The van der Waals surface area contributed by atoms with Crippen LogP contribution in [0.25, 0.3) is 0 Å². The second-order valence-electron chi connectivity index (χ2n) is 5.03. The number of rotatable bonds is 4. The standard InChI is InChI=1S/C15H20O3/c1-4-12(11-8-6-5-7-9-11)14(16)13-10-17-15(2,3)18-13/h4-9,12-14,16H,1,10H2,2-3H3/t12-,13+,14+/m1/s1. The monoisotopic (exact) mass is 248 g/mol. The minimum atomic E-state index is -0.647. The Morgan fingerprint density at radius 3 is 2.56 bits per heavy atom. The Morgan fingerprint density at radius 2 is 2.06 bits per heavy atom. The van der Waals surface area contributed by atoms with Crippen LogP contribution in [0.2, 0.25) is 0 Å². The van der Waals surface area contributed by atoms with Crippen molar-refractivity contribution in [2.24, 2.45) is 0 Å². The molecule has 0 aliphatic carbocycles. The molecule has 1 aromatic carbocycles. The van der Waals surface area contributed by atoms with E-state index in [0.29, 0.717) is 6.61 Å². The van der Waals surface area contributed by atoms with Gasteiger partial charge in [-0.2, -0.15) is 0 Å². The Balaban J connectivity index is 2.12. The molecule has 2 rings (SSSR count). The number of hydrogen-bond acceptors (Lipinski definition) is 3. The van der Waals surface area contributed by atoms with Gasteiger partial charge in [0.15, 0.2) is 5.79 Å². The lowest BCUT2D eigenvalue weighted by atomic mass is 9.90. The lowest BCUT2D eigenvalue weighted by molar-refractivity contribution is -0.151. The van der Waals surface area contributed by atoms with Gasteiger partial charge in [-0.25, -0.2) is 0 Å². The average Bonchev–Trinajstić information content (AvgIpc) is 2.72. The van der Waals surface area contributed by atoms with Gasteiger partial charge in [0.25, 0.3) is 0 Å². The van der Waals surface area contributed by atoms with Crippen LogP contribution < -0.4 is 0 Å². The number of hydrogen-bond donors (Lipinski definition) is 1. The van der Waals surface area contributed by atoms with Crippen LogP contribution in [-0.2, 0) is 9.47 Å². The van der Waals surface area contributed by atoms with Crippen molar-refractivity contribution < 1.29 is 14.6 Å². The number of aliphatic hydroxyl groups is 1. The first kappa shape index (κ1) is 13.3. The van der Waals surface area contributed by atoms with E-state index in [1.165, 1.54) is 0 Å². The summed E-state index contributed by atoms with van der Waals surface area (Å²) in [6.45, 7) is 7.92. The molecule has 0 radical (unpaired) electrons. The van der Waals surface area contributed by atoms with Crippen LogP contribution in [0.15, 0.2) is 43.0 Å². The summed E-state index contributed by atoms with van der Waals surface area (Å²) >= 11 is 0. The molecule has 1 aliphatic rings. The fourth-order valence-corrected chi connectivity index (χ4v) is 2.26. The summed E-state index contributed by atoms with van der Waals surface area (Å²) in [4.78, 5) is 0. The summed E-state index contributed by atoms with van der Waals surface area (Å²) in [6, 6.07) is 9.82. The maximum Gasteiger partial charge on any atom is 0.163 e. The van der Waals surface area contributed by atoms with Crippen molar-refractivity contribution in [3.63, 3.8) is 0 Å². The summed E-state index contributed by atoms with van der Waals surface area (Å²) in [5, 5.41) is 10.4. The highest BCUT2D eigenvalue weighted by Gasteiger charge is 2.39. The van der Waals surface area contributed by atoms with Gasteiger partial charge in [-0.05, 0) is 19.4 Å². The van der Waals surface area contributed by atoms with Gasteiger partial charge in [0.05, 0.1) is 12.7 Å². The van der Waals surface area contributed by atoms with Crippen LogP contribution in [0.1, 0.15) is 25.3 Å². The molecule has 0 bridgehead atoms. The zero-order valence-corrected chi connectivity index (χ0v) is 10.9. The molecular weight excluding hydrogens is 228 g/mol. The van der Waals surface area contributed by atoms with Crippen LogP contribution in [0.5, 0.6) is 0 Å². The predicted molar refractivity (Wildman–Crippen MR) is 70.3 cm³/mol. The van der Waals surface area contributed by atoms with Gasteiger partial charge in [-0.3, -0.25) is 0 Å². The van der Waals surface area contributed by atoms with Gasteiger partial charge < -0.3 is 14.6 Å². The zero-order chi connectivity index (χ0) is 13.2. The summed E-state index contributed by atoms with van der Waals surface area (Å²) in [5.41, 5.74) is 1.04. The smallest absolute Gasteiger partial charge is 0.163 e. The Morgan fingerprint density at radius 1 is 1.39 bits per heavy atom. The minimum Gasteiger partial charge on any atom is -0.389 e. The fourth-order valence-electron chi connectivity index (χ4n) is 2.26. The highest BCUT2D eigenvalue weighted by Crippen LogP contribution is 2.30. The molecule has 1 aliphatic heterocycles. The Hall–Kier alpha value is -1.16. The summed E-state index contributed by atoms with van der Waals surface area (Å²) in [5.74, 6) is -0.762. The molecule has 18 heavy (non-hydrogen) atoms. The Bertz CT molecular complexity index is 399. The summed E-state index contributed by atoms with van der Waals surface area (Å²) in [7, 11) is 0. The second kappa shape index (κ2) is 5.22. The molecule has 3 heteroatoms. The maximum absolute atomic E-state index is 10.4. The van der Waals surface area contributed by atoms with E-state index in [2.05, 4.69) is 6.58 Å². The molecule has 0 aromatic heterocycles. The van der Waals surface area contributed by atoms with Crippen LogP contribution in [-0.4, -0.2) is 29.7 Å². The largest absolute Gasteiger partial charge is 0.389 e. The van der Waals surface area contributed by atoms with E-state index in [4.69, 9.17) is 9.47 Å². The molecule has 98 valence electrons. The van der Waals surface area contributed by atoms with E-state index >= 15 is 0 Å². The number of benzene rings is 1. The zero-order valence-electron chi connectivity index (χ0n) is 10.9. The van der Waals surface area contributed by atoms with Crippen LogP contribution in [0.4, 0.5) is 0 Å². The molecule has 3 atom stereocenters. The molecule has 1 saturated heterocycles. The molecule has 1 N–H and O–H groups in total. The van der Waals surface area contributed by atoms with Gasteiger partial charge in [0.1, 0.15) is 6.10 Å². The summed E-state index contributed by atoms with van der Waals surface area (Å²) in [6.07, 6.45) is 0.796. The lowest BCUT2D eigenvalue weighted by Crippen LogP contribution is -2.34. The van der Waals surface area contributed by atoms with E-state index in [1.54, 1.807) is 6.08 Å². The van der Waals surface area contributed by atoms with Crippen LogP contribution in [0, 0.1) is 0 Å². The number of aliphatic hydroxyl groups excluding tert-OH is 1. The minimum absolute atomic E-state index is 0.145. The molecule has 1 heterocycles. The average molecular weight is 248 g/mol. The Labute approximate surface area is 108 Å². The molecule has 0 amide bonds. The topological polar surface area (TPSA) is 38.7 Å². The summed E-state index contributed by atoms with van der Waals surface area (Å²) < 4.78 is 11.2. The van der Waals surface area contributed by atoms with Crippen molar-refractivity contribution in [2.75, 3.05) is 6.61 Å². The fraction of sp³-hybridized carbons (Fsp3) is 0.467. The first-order valence-electron chi connectivity index (χ1n) is 6.21. The van der Waals surface area contributed by atoms with E-state index in [1.807, 2.05) is 44.2 Å². The molecule has 0 spiro atoms. The molecule has 0 saturated carbocycles. The SMILES string of the molecule is C=C[C@H](c1ccccc1)[C@H](O)[C@@H]1COC(C)(C)O1. The van der Waals surface area contributed by atoms with E-state index < -0.39 is 11.9 Å². The third kappa shape index (κ3) is 2.80. The molecule has 1 fully saturated rings. The van der Waals surface area contributed by atoms with Gasteiger partial charge in [0.2, 0.25) is 0 Å². The van der Waals surface area contributed by atoms with Gasteiger partial charge in [0, 0.05) is 5.92 Å². The van der Waals surface area contributed by atoms with Crippen molar-refractivity contribution in [3.05, 3.63) is 48.6 Å². The molecule has 3 nitrogen and oxygen atoms in total. The first-order valence-corrected chi connectivity index (χ1v) is 6.21. The maximum atomic E-state index is 10.4. The van der Waals surface area contributed by atoms with Gasteiger partial charge in [-0.1, -0.05) is 36.4 Å². The van der Waals surface area contributed by atoms with Crippen molar-refractivity contribution in [2.45, 2.75) is 37.8 Å². The van der Waals surface area contributed by atoms with Crippen molar-refractivity contribution in [1.29, 1.82) is 0 Å². The highest BCUT2D eigenvalue weighted by molar-refractivity contribution is 5.25.